The molecular weight excluding hydrogens is 212 g/mol. The van der Waals surface area contributed by atoms with E-state index in [-0.39, 0.29) is 5.91 Å². The average Bonchev–Trinajstić information content (AvgIpc) is 2.71. The van der Waals surface area contributed by atoms with Crippen LogP contribution in [0.2, 0.25) is 0 Å². The van der Waals surface area contributed by atoms with Crippen molar-refractivity contribution in [1.82, 2.24) is 15.5 Å². The summed E-state index contributed by atoms with van der Waals surface area (Å²) in [5.41, 5.74) is 1.15. The summed E-state index contributed by atoms with van der Waals surface area (Å²) >= 11 is 1.33. The molecule has 1 aliphatic heterocycles. The second kappa shape index (κ2) is 4.24. The van der Waals surface area contributed by atoms with Crippen molar-refractivity contribution in [3.05, 3.63) is 5.51 Å². The summed E-state index contributed by atoms with van der Waals surface area (Å²) in [6.07, 6.45) is 3.10. The number of hydrogen-bond acceptors (Lipinski definition) is 5. The van der Waals surface area contributed by atoms with E-state index in [1.54, 1.807) is 5.51 Å². The SMILES string of the molecule is CC1(C(=O)Nc2nncs2)CCCCN1. The van der Waals surface area contributed by atoms with Gasteiger partial charge in [-0.15, -0.1) is 10.2 Å². The highest BCUT2D eigenvalue weighted by Gasteiger charge is 2.34. The van der Waals surface area contributed by atoms with Gasteiger partial charge in [-0.25, -0.2) is 0 Å². The highest BCUT2D eigenvalue weighted by atomic mass is 32.1. The molecule has 1 amide bonds. The number of aromatic nitrogens is 2. The molecule has 82 valence electrons. The largest absolute Gasteiger partial charge is 0.304 e. The molecule has 2 heterocycles. The lowest BCUT2D eigenvalue weighted by molar-refractivity contribution is -0.122. The molecule has 1 aromatic heterocycles. The Morgan fingerprint density at radius 1 is 1.67 bits per heavy atom. The van der Waals surface area contributed by atoms with Crippen LogP contribution in [0.25, 0.3) is 0 Å². The first kappa shape index (κ1) is 10.5. The lowest BCUT2D eigenvalue weighted by atomic mass is 9.90. The number of hydrogen-bond donors (Lipinski definition) is 2. The molecule has 0 saturated carbocycles. The minimum absolute atomic E-state index is 0.0149. The van der Waals surface area contributed by atoms with Crippen LogP contribution in [0.3, 0.4) is 0 Å². The number of amides is 1. The Morgan fingerprint density at radius 2 is 2.53 bits per heavy atom. The molecular formula is C9H14N4OS. The lowest BCUT2D eigenvalue weighted by Gasteiger charge is -2.32. The fourth-order valence-electron chi connectivity index (χ4n) is 1.71. The van der Waals surface area contributed by atoms with Crippen LogP contribution in [0.5, 0.6) is 0 Å². The van der Waals surface area contributed by atoms with Crippen molar-refractivity contribution in [3.63, 3.8) is 0 Å². The number of nitrogens with zero attached hydrogens (tertiary/aromatic N) is 2. The summed E-state index contributed by atoms with van der Waals surface area (Å²) in [4.78, 5) is 12.0. The topological polar surface area (TPSA) is 66.9 Å². The smallest absolute Gasteiger partial charge is 0.246 e. The van der Waals surface area contributed by atoms with Crippen LogP contribution in [-0.2, 0) is 4.79 Å². The molecule has 0 aromatic carbocycles. The van der Waals surface area contributed by atoms with E-state index in [1.807, 2.05) is 6.92 Å². The van der Waals surface area contributed by atoms with Gasteiger partial charge in [-0.2, -0.15) is 0 Å². The Labute approximate surface area is 92.3 Å². The predicted molar refractivity (Wildman–Crippen MR) is 58.8 cm³/mol. The van der Waals surface area contributed by atoms with Crippen molar-refractivity contribution in [3.8, 4) is 0 Å². The van der Waals surface area contributed by atoms with Crippen LogP contribution in [0.15, 0.2) is 5.51 Å². The highest BCUT2D eigenvalue weighted by molar-refractivity contribution is 7.13. The van der Waals surface area contributed by atoms with Gasteiger partial charge in [-0.05, 0) is 32.7 Å². The first-order valence-corrected chi connectivity index (χ1v) is 5.91. The van der Waals surface area contributed by atoms with Crippen LogP contribution in [0, 0.1) is 0 Å². The Hall–Kier alpha value is -1.01. The van der Waals surface area contributed by atoms with Gasteiger partial charge in [0.05, 0.1) is 5.54 Å². The van der Waals surface area contributed by atoms with Crippen LogP contribution in [-0.4, -0.2) is 28.2 Å². The minimum Gasteiger partial charge on any atom is -0.304 e. The number of nitrogens with one attached hydrogen (secondary N) is 2. The molecule has 1 unspecified atom stereocenters. The predicted octanol–water partition coefficient (Wildman–Crippen LogP) is 1.01. The summed E-state index contributed by atoms with van der Waals surface area (Å²) in [6.45, 7) is 2.84. The normalized spacial score (nSPS) is 26.2. The Morgan fingerprint density at radius 3 is 3.13 bits per heavy atom. The van der Waals surface area contributed by atoms with Gasteiger partial charge in [-0.3, -0.25) is 10.1 Å². The number of rotatable bonds is 2. The molecule has 2 rings (SSSR count). The van der Waals surface area contributed by atoms with E-state index in [0.29, 0.717) is 5.13 Å². The minimum atomic E-state index is -0.454. The third-order valence-corrected chi connectivity index (χ3v) is 3.31. The first-order valence-electron chi connectivity index (χ1n) is 5.03. The van der Waals surface area contributed by atoms with Gasteiger partial charge in [0.2, 0.25) is 11.0 Å². The maximum absolute atomic E-state index is 12.0. The first-order chi connectivity index (χ1) is 7.21. The molecule has 2 N–H and O–H groups in total. The number of carbonyl (C=O) groups is 1. The summed E-state index contributed by atoms with van der Waals surface area (Å²) in [6, 6.07) is 0. The summed E-state index contributed by atoms with van der Waals surface area (Å²) in [5, 5.41) is 14.1. The van der Waals surface area contributed by atoms with Gasteiger partial charge in [0, 0.05) is 0 Å². The van der Waals surface area contributed by atoms with Crippen molar-refractivity contribution in [1.29, 1.82) is 0 Å². The van der Waals surface area contributed by atoms with E-state index in [1.165, 1.54) is 11.3 Å². The molecule has 0 radical (unpaired) electrons. The van der Waals surface area contributed by atoms with Crippen LogP contribution in [0.4, 0.5) is 5.13 Å². The number of anilines is 1. The molecule has 1 saturated heterocycles. The fourth-order valence-corrected chi connectivity index (χ4v) is 2.15. The molecule has 1 aliphatic rings. The molecule has 0 spiro atoms. The number of carbonyl (C=O) groups excluding carboxylic acids is 1. The Balaban J connectivity index is 2.00. The monoisotopic (exact) mass is 226 g/mol. The molecule has 0 bridgehead atoms. The summed E-state index contributed by atoms with van der Waals surface area (Å²) < 4.78 is 0. The van der Waals surface area contributed by atoms with Gasteiger partial charge in [0.15, 0.2) is 0 Å². The molecule has 1 fully saturated rings. The molecule has 1 atom stereocenters. The molecule has 1 aromatic rings. The van der Waals surface area contributed by atoms with Crippen molar-refractivity contribution in [2.45, 2.75) is 31.7 Å². The second-order valence-corrected chi connectivity index (χ2v) is 4.75. The van der Waals surface area contributed by atoms with E-state index >= 15 is 0 Å². The zero-order chi connectivity index (χ0) is 10.7. The van der Waals surface area contributed by atoms with Crippen LogP contribution < -0.4 is 10.6 Å². The average molecular weight is 226 g/mol. The number of piperidine rings is 1. The molecule has 6 heteroatoms. The molecule has 15 heavy (non-hydrogen) atoms. The van der Waals surface area contributed by atoms with Gasteiger partial charge in [0.25, 0.3) is 0 Å². The standard InChI is InChI=1S/C9H14N4OS/c1-9(4-2-3-5-10-9)7(14)12-8-13-11-6-15-8/h6,10H,2-5H2,1H3,(H,12,13,14). The van der Waals surface area contributed by atoms with Crippen molar-refractivity contribution >= 4 is 22.4 Å². The second-order valence-electron chi connectivity index (χ2n) is 3.91. The lowest BCUT2D eigenvalue weighted by Crippen LogP contribution is -2.54. The quantitative estimate of drug-likeness (QED) is 0.789. The van der Waals surface area contributed by atoms with Crippen LogP contribution in [0.1, 0.15) is 26.2 Å². The molecule has 5 nitrogen and oxygen atoms in total. The zero-order valence-corrected chi connectivity index (χ0v) is 9.43. The van der Waals surface area contributed by atoms with Gasteiger partial charge >= 0.3 is 0 Å². The summed E-state index contributed by atoms with van der Waals surface area (Å²) in [5.74, 6) is -0.0149. The maximum Gasteiger partial charge on any atom is 0.246 e. The Bertz CT molecular complexity index is 332. The van der Waals surface area contributed by atoms with E-state index in [2.05, 4.69) is 20.8 Å². The van der Waals surface area contributed by atoms with E-state index < -0.39 is 5.54 Å². The van der Waals surface area contributed by atoms with Crippen LogP contribution >= 0.6 is 11.3 Å². The maximum atomic E-state index is 12.0. The van der Waals surface area contributed by atoms with E-state index in [9.17, 15) is 4.79 Å². The van der Waals surface area contributed by atoms with Gasteiger partial charge < -0.3 is 5.32 Å². The molecule has 0 aliphatic carbocycles. The highest BCUT2D eigenvalue weighted by Crippen LogP contribution is 2.21. The van der Waals surface area contributed by atoms with Crippen molar-refractivity contribution in [2.24, 2.45) is 0 Å². The zero-order valence-electron chi connectivity index (χ0n) is 8.62. The fraction of sp³-hybridized carbons (Fsp3) is 0.667. The third-order valence-electron chi connectivity index (χ3n) is 2.70. The third kappa shape index (κ3) is 2.32. The summed E-state index contributed by atoms with van der Waals surface area (Å²) in [7, 11) is 0. The van der Waals surface area contributed by atoms with Gasteiger partial charge in [0.1, 0.15) is 5.51 Å². The van der Waals surface area contributed by atoms with E-state index in [0.717, 1.165) is 25.8 Å². The van der Waals surface area contributed by atoms with E-state index in [4.69, 9.17) is 0 Å². The van der Waals surface area contributed by atoms with Gasteiger partial charge in [-0.1, -0.05) is 11.3 Å². The van der Waals surface area contributed by atoms with Crippen molar-refractivity contribution in [2.75, 3.05) is 11.9 Å². The Kier molecular flexibility index (Phi) is 2.97. The van der Waals surface area contributed by atoms with Crippen molar-refractivity contribution < 1.29 is 4.79 Å².